The molecule has 0 bridgehead atoms. The maximum absolute atomic E-state index is 13.4. The van der Waals surface area contributed by atoms with Gasteiger partial charge in [-0.25, -0.2) is 0 Å². The summed E-state index contributed by atoms with van der Waals surface area (Å²) < 4.78 is 57.9. The summed E-state index contributed by atoms with van der Waals surface area (Å²) in [5.74, 6) is -9.82. The van der Waals surface area contributed by atoms with E-state index in [1.165, 1.54) is 0 Å². The number of aromatic hydroxyl groups is 1. The minimum atomic E-state index is -1.83. The van der Waals surface area contributed by atoms with Gasteiger partial charge in [0.1, 0.15) is 0 Å². The molecule has 1 aromatic rings. The number of rotatable bonds is 2. The van der Waals surface area contributed by atoms with Crippen LogP contribution in [-0.2, 0) is 0 Å². The molecule has 0 aliphatic heterocycles. The van der Waals surface area contributed by atoms with Gasteiger partial charge in [-0.05, 0) is 25.7 Å². The van der Waals surface area contributed by atoms with Gasteiger partial charge in [-0.2, -0.15) is 17.6 Å². The van der Waals surface area contributed by atoms with E-state index in [2.05, 4.69) is 0 Å². The van der Waals surface area contributed by atoms with Crippen molar-refractivity contribution in [3.8, 4) is 11.5 Å². The number of benzene rings is 1. The van der Waals surface area contributed by atoms with Gasteiger partial charge in [0.2, 0.25) is 23.3 Å². The molecule has 1 aliphatic carbocycles. The highest BCUT2D eigenvalue weighted by Gasteiger charge is 2.28. The summed E-state index contributed by atoms with van der Waals surface area (Å²) in [6.45, 7) is 0. The van der Waals surface area contributed by atoms with E-state index < -0.39 is 40.9 Å². The fraction of sp³-hybridized carbons (Fsp3) is 0.500. The van der Waals surface area contributed by atoms with Crippen molar-refractivity contribution >= 4 is 0 Å². The molecule has 1 N–H and O–H groups in total. The smallest absolute Gasteiger partial charge is 0.207 e. The van der Waals surface area contributed by atoms with Crippen LogP contribution < -0.4 is 4.74 Å². The van der Waals surface area contributed by atoms with Gasteiger partial charge in [0.15, 0.2) is 11.5 Å². The lowest BCUT2D eigenvalue weighted by Crippen LogP contribution is -2.21. The highest BCUT2D eigenvalue weighted by Crippen LogP contribution is 2.35. The van der Waals surface area contributed by atoms with Crippen molar-refractivity contribution in [3.63, 3.8) is 0 Å². The molecule has 0 amide bonds. The quantitative estimate of drug-likeness (QED) is 0.652. The Morgan fingerprint density at radius 2 is 1.33 bits per heavy atom. The van der Waals surface area contributed by atoms with Crippen molar-refractivity contribution in [2.75, 3.05) is 0 Å². The molecule has 18 heavy (non-hydrogen) atoms. The molecule has 0 atom stereocenters. The monoisotopic (exact) mass is 264 g/mol. The van der Waals surface area contributed by atoms with Gasteiger partial charge in [-0.3, -0.25) is 0 Å². The number of hydrogen-bond acceptors (Lipinski definition) is 2. The van der Waals surface area contributed by atoms with Gasteiger partial charge in [0.25, 0.3) is 0 Å². The zero-order chi connectivity index (χ0) is 13.3. The molecular formula is C12H12F4O2. The van der Waals surface area contributed by atoms with E-state index in [9.17, 15) is 17.6 Å². The Hall–Kier alpha value is -1.46. The summed E-state index contributed by atoms with van der Waals surface area (Å²) in [6, 6.07) is 0. The third kappa shape index (κ3) is 2.23. The molecule has 0 spiro atoms. The number of ether oxygens (including phenoxy) is 1. The second-order valence-electron chi connectivity index (χ2n) is 4.31. The maximum Gasteiger partial charge on any atom is 0.207 e. The molecule has 1 aromatic carbocycles. The van der Waals surface area contributed by atoms with Crippen LogP contribution in [0.2, 0.25) is 0 Å². The van der Waals surface area contributed by atoms with Crippen LogP contribution in [0.15, 0.2) is 0 Å². The summed E-state index contributed by atoms with van der Waals surface area (Å²) in [5, 5.41) is 8.81. The standard InChI is InChI=1S/C12H12F4O2/c13-7-9(15)12(10(16)8(14)11(7)17)18-6-4-2-1-3-5-6/h6,17H,1-5H2. The van der Waals surface area contributed by atoms with Crippen LogP contribution in [0.1, 0.15) is 32.1 Å². The van der Waals surface area contributed by atoms with Crippen LogP contribution in [0.25, 0.3) is 0 Å². The molecule has 0 aromatic heterocycles. The minimum absolute atomic E-state index is 0.453. The first-order valence-corrected chi connectivity index (χ1v) is 5.74. The molecule has 2 nitrogen and oxygen atoms in total. The van der Waals surface area contributed by atoms with E-state index in [0.717, 1.165) is 19.3 Å². The topological polar surface area (TPSA) is 29.5 Å². The second-order valence-corrected chi connectivity index (χ2v) is 4.31. The van der Waals surface area contributed by atoms with Gasteiger partial charge in [-0.15, -0.1) is 0 Å². The Bertz CT molecular complexity index is 427. The first kappa shape index (κ1) is 13.0. The van der Waals surface area contributed by atoms with Crippen LogP contribution in [0.3, 0.4) is 0 Å². The molecule has 0 saturated heterocycles. The van der Waals surface area contributed by atoms with Crippen molar-refractivity contribution < 1.29 is 27.4 Å². The fourth-order valence-electron chi connectivity index (χ4n) is 2.05. The Labute approximate surface area is 101 Å². The molecule has 0 heterocycles. The highest BCUT2D eigenvalue weighted by atomic mass is 19.2. The summed E-state index contributed by atoms with van der Waals surface area (Å²) in [4.78, 5) is 0. The molecule has 100 valence electrons. The summed E-state index contributed by atoms with van der Waals surface area (Å²) in [7, 11) is 0. The van der Waals surface area contributed by atoms with Gasteiger partial charge < -0.3 is 9.84 Å². The van der Waals surface area contributed by atoms with Gasteiger partial charge in [0, 0.05) is 0 Å². The fourth-order valence-corrected chi connectivity index (χ4v) is 2.05. The predicted molar refractivity (Wildman–Crippen MR) is 55.4 cm³/mol. The summed E-state index contributed by atoms with van der Waals surface area (Å²) in [5.41, 5.74) is 0. The van der Waals surface area contributed by atoms with E-state index in [1.54, 1.807) is 0 Å². The van der Waals surface area contributed by atoms with E-state index in [4.69, 9.17) is 9.84 Å². The number of phenolic OH excluding ortho intramolecular Hbond substituents is 1. The van der Waals surface area contributed by atoms with Gasteiger partial charge in [-0.1, -0.05) is 6.42 Å². The minimum Gasteiger partial charge on any atom is -0.503 e. The molecule has 2 rings (SSSR count). The highest BCUT2D eigenvalue weighted by molar-refractivity contribution is 5.37. The Morgan fingerprint density at radius 3 is 1.83 bits per heavy atom. The molecule has 6 heteroatoms. The van der Waals surface area contributed by atoms with Crippen molar-refractivity contribution in [1.29, 1.82) is 0 Å². The van der Waals surface area contributed by atoms with E-state index in [-0.39, 0.29) is 0 Å². The zero-order valence-corrected chi connectivity index (χ0v) is 9.48. The largest absolute Gasteiger partial charge is 0.503 e. The van der Waals surface area contributed by atoms with Crippen molar-refractivity contribution in [3.05, 3.63) is 23.3 Å². The lowest BCUT2D eigenvalue weighted by Gasteiger charge is -2.23. The third-order valence-electron chi connectivity index (χ3n) is 3.04. The van der Waals surface area contributed by atoms with Crippen LogP contribution in [0.5, 0.6) is 11.5 Å². The predicted octanol–water partition coefficient (Wildman–Crippen LogP) is 3.66. The zero-order valence-electron chi connectivity index (χ0n) is 9.48. The van der Waals surface area contributed by atoms with Crippen molar-refractivity contribution in [1.82, 2.24) is 0 Å². The first-order valence-electron chi connectivity index (χ1n) is 5.74. The molecular weight excluding hydrogens is 252 g/mol. The average Bonchev–Trinajstić information content (AvgIpc) is 2.40. The Morgan fingerprint density at radius 1 is 0.833 bits per heavy atom. The van der Waals surface area contributed by atoms with E-state index >= 15 is 0 Å². The molecule has 1 saturated carbocycles. The lowest BCUT2D eigenvalue weighted by molar-refractivity contribution is 0.137. The van der Waals surface area contributed by atoms with E-state index in [0.29, 0.717) is 12.8 Å². The van der Waals surface area contributed by atoms with Crippen LogP contribution >= 0.6 is 0 Å². The number of phenols is 1. The van der Waals surface area contributed by atoms with Crippen LogP contribution in [0.4, 0.5) is 17.6 Å². The molecule has 0 unspecified atom stereocenters. The summed E-state index contributed by atoms with van der Waals surface area (Å²) >= 11 is 0. The lowest BCUT2D eigenvalue weighted by atomic mass is 9.98. The van der Waals surface area contributed by atoms with Gasteiger partial charge in [0.05, 0.1) is 6.10 Å². The third-order valence-corrected chi connectivity index (χ3v) is 3.04. The van der Waals surface area contributed by atoms with Gasteiger partial charge >= 0.3 is 0 Å². The van der Waals surface area contributed by atoms with Crippen molar-refractivity contribution in [2.45, 2.75) is 38.2 Å². The maximum atomic E-state index is 13.4. The number of halogens is 4. The van der Waals surface area contributed by atoms with Crippen molar-refractivity contribution in [2.24, 2.45) is 0 Å². The molecule has 0 radical (unpaired) electrons. The Kier molecular flexibility index (Phi) is 3.63. The van der Waals surface area contributed by atoms with Crippen LogP contribution in [0, 0.1) is 23.3 Å². The number of hydrogen-bond donors (Lipinski definition) is 1. The normalized spacial score (nSPS) is 16.9. The SMILES string of the molecule is Oc1c(F)c(F)c(OC2CCCCC2)c(F)c1F. The van der Waals surface area contributed by atoms with E-state index in [1.807, 2.05) is 0 Å². The molecule has 1 aliphatic rings. The molecule has 1 fully saturated rings. The second kappa shape index (κ2) is 5.04. The first-order chi connectivity index (χ1) is 8.52. The summed E-state index contributed by atoms with van der Waals surface area (Å²) in [6.07, 6.45) is 3.41. The van der Waals surface area contributed by atoms with Crippen LogP contribution in [-0.4, -0.2) is 11.2 Å². The Balaban J connectivity index is 2.32. The average molecular weight is 264 g/mol.